The number of benzene rings is 3. The summed E-state index contributed by atoms with van der Waals surface area (Å²) in [7, 11) is 0. The summed E-state index contributed by atoms with van der Waals surface area (Å²) in [4.78, 5) is 240. The van der Waals surface area contributed by atoms with Crippen molar-refractivity contribution in [1.82, 2.24) is 85.9 Å². The van der Waals surface area contributed by atoms with Gasteiger partial charge in [0.1, 0.15) is 40.3 Å². The summed E-state index contributed by atoms with van der Waals surface area (Å²) in [6.07, 6.45) is 2.31. The van der Waals surface area contributed by atoms with E-state index in [4.69, 9.17) is 0 Å². The number of ketones is 2. The van der Waals surface area contributed by atoms with E-state index in [9.17, 15) is 137 Å². The average Bonchev–Trinajstić information content (AvgIpc) is 0.847. The van der Waals surface area contributed by atoms with Crippen LogP contribution in [0.1, 0.15) is 121 Å². The number of rotatable bonds is 50. The topological polar surface area (TPSA) is 627 Å². The summed E-state index contributed by atoms with van der Waals surface area (Å²) >= 11 is 5.47. The van der Waals surface area contributed by atoms with Gasteiger partial charge in [0.25, 0.3) is 11.8 Å². The number of pyridine rings is 1. The quantitative estimate of drug-likeness (QED) is 0.0167. The molecule has 8 amide bonds. The van der Waals surface area contributed by atoms with Gasteiger partial charge >= 0.3 is 71.8 Å². The van der Waals surface area contributed by atoms with E-state index in [0.717, 1.165) is 14.7 Å². The van der Waals surface area contributed by atoms with Crippen molar-refractivity contribution in [3.8, 4) is 0 Å². The Morgan fingerprint density at radius 2 is 0.597 bits per heavy atom. The van der Waals surface area contributed by atoms with Gasteiger partial charge in [-0.15, -0.1) is 0 Å². The average molecular weight is 2060 g/mol. The number of aliphatic carboxylic acids is 10. The van der Waals surface area contributed by atoms with Gasteiger partial charge in [-0.05, 0) is 168 Å². The lowest BCUT2D eigenvalue weighted by atomic mass is 10.1. The number of carbonyl (C=O) groups excluding carboxylic acids is 8. The van der Waals surface area contributed by atoms with Crippen LogP contribution in [-0.4, -0.2) is 406 Å². The number of urea groups is 2. The molecule has 47 heteroatoms. The highest BCUT2D eigenvalue weighted by molar-refractivity contribution is 14.1. The number of hydrogen-bond acceptors (Lipinski definition) is 27. The molecule has 4 aromatic rings. The number of carboxylic acid groups (broad SMARTS) is 10. The monoisotopic (exact) mass is 2060 g/mol. The summed E-state index contributed by atoms with van der Waals surface area (Å²) in [6, 6.07) is 16.9. The van der Waals surface area contributed by atoms with Crippen molar-refractivity contribution < 1.29 is 137 Å². The van der Waals surface area contributed by atoms with Crippen molar-refractivity contribution in [3.05, 3.63) is 133 Å². The van der Waals surface area contributed by atoms with Crippen LogP contribution in [0.25, 0.3) is 0 Å². The molecule has 0 radical (unpaired) electrons. The van der Waals surface area contributed by atoms with E-state index in [1.807, 2.05) is 29.2 Å². The Hall–Kier alpha value is -11.8. The van der Waals surface area contributed by atoms with Crippen molar-refractivity contribution in [3.63, 3.8) is 0 Å². The largest absolute Gasteiger partial charge is 0.480 e. The van der Waals surface area contributed by atoms with E-state index in [1.54, 1.807) is 111 Å². The predicted molar refractivity (Wildman–Crippen MR) is 491 cm³/mol. The third kappa shape index (κ3) is 47.2. The van der Waals surface area contributed by atoms with Crippen molar-refractivity contribution in [2.45, 2.75) is 128 Å². The van der Waals surface area contributed by atoms with E-state index < -0.39 is 95.9 Å². The minimum Gasteiger partial charge on any atom is -0.480 e. The first-order chi connectivity index (χ1) is 63.5. The second-order valence-electron chi connectivity index (χ2n) is 32.4. The fourth-order valence-corrected chi connectivity index (χ4v) is 14.8. The lowest BCUT2D eigenvalue weighted by Crippen LogP contribution is -2.51. The molecule has 1 aromatic heterocycles. The number of carboxylic acids is 10. The molecule has 0 unspecified atom stereocenters. The Labute approximate surface area is 795 Å². The molecule has 3 heterocycles. The van der Waals surface area contributed by atoms with Gasteiger partial charge in [-0.1, -0.05) is 42.5 Å². The third-order valence-corrected chi connectivity index (χ3v) is 22.7. The van der Waals surface area contributed by atoms with Crippen molar-refractivity contribution in [2.75, 3.05) is 170 Å². The minimum atomic E-state index is -1.39. The normalized spacial score (nSPS) is 15.4. The standard InChI is InChI=1S/C44H61IN8O14.C43H60BrN9O14/c1-30(54)5-14-36(43(65)66)48-44(67)47-35(42(63)64)4-2-3-15-53(25-32-8-12-34(45)13-9-32)41(62)33-10-6-31(7-11-33)24-46-37(55)26-49-16-18-50(27-38(56)57)20-22-52(29-40(60)61)23-21-51(19-17-49)28-39(58)59;1-29(54)5-11-34(42(65)66)48-43(67)47-33(41(63)64)4-2-3-13-53(24-31-8-12-35(44)45-23-31)40(62)32-9-6-30(7-10-32)22-46-36(55)25-49-14-16-50(26-37(56)57)18-20-52(28-39(60)61)21-19-51(17-15-49)27-38(58)59/h6-13,35-36H,2-5,14-29H2,1H3,(H,46,55)(H,56,57)(H,58,59)(H,60,61)(H,63,64)(H,65,66)(H2,47,48,67);6-10,12,23,33-34H,2-5,11,13-22,24-28H2,1H3,(H,46,55)(H,56,57)(H,58,59)(H,60,61)(H,63,64)(H,65,66)(H2,47,48,67)/t35-,36-;33-,34-/m11/s1. The Morgan fingerprint density at radius 1 is 0.343 bits per heavy atom. The van der Waals surface area contributed by atoms with Gasteiger partial charge in [0.05, 0.1) is 52.4 Å². The molecule has 736 valence electrons. The molecule has 16 N–H and O–H groups in total. The molecule has 0 spiro atoms. The Kier molecular flexibility index (Phi) is 50.8. The fourth-order valence-electron chi connectivity index (χ4n) is 14.2. The van der Waals surface area contributed by atoms with Crippen LogP contribution in [0.4, 0.5) is 9.59 Å². The molecule has 0 aliphatic carbocycles. The molecule has 0 bridgehead atoms. The number of amides is 8. The number of carbonyl (C=O) groups is 18. The van der Waals surface area contributed by atoms with Crippen molar-refractivity contribution in [1.29, 1.82) is 0 Å². The molecular formula is C87H121BrIN17O28. The molecule has 134 heavy (non-hydrogen) atoms. The van der Waals surface area contributed by atoms with Gasteiger partial charge in [-0.3, -0.25) is 87.1 Å². The molecule has 2 aliphatic rings. The summed E-state index contributed by atoms with van der Waals surface area (Å²) in [6.45, 7) is 5.87. The zero-order valence-corrected chi connectivity index (χ0v) is 78.5. The Morgan fingerprint density at radius 3 is 0.851 bits per heavy atom. The van der Waals surface area contributed by atoms with E-state index in [0.29, 0.717) is 39.7 Å². The summed E-state index contributed by atoms with van der Waals surface area (Å²) in [5.41, 5.74) is 3.65. The maximum Gasteiger partial charge on any atom is 0.326 e. The first-order valence-electron chi connectivity index (χ1n) is 43.3. The summed E-state index contributed by atoms with van der Waals surface area (Å²) in [5, 5.41) is 110. The van der Waals surface area contributed by atoms with Crippen LogP contribution < -0.4 is 31.9 Å². The number of nitrogens with one attached hydrogen (secondary N) is 6. The van der Waals surface area contributed by atoms with Gasteiger partial charge in [0.15, 0.2) is 0 Å². The second kappa shape index (κ2) is 60.4. The van der Waals surface area contributed by atoms with Gasteiger partial charge < -0.3 is 102 Å². The molecule has 2 fully saturated rings. The lowest BCUT2D eigenvalue weighted by molar-refractivity contribution is -0.141. The van der Waals surface area contributed by atoms with Crippen LogP contribution >= 0.6 is 38.5 Å². The minimum absolute atomic E-state index is 0.0148. The molecule has 0 saturated carbocycles. The molecule has 4 atom stereocenters. The number of halogens is 2. The summed E-state index contributed by atoms with van der Waals surface area (Å²) < 4.78 is 1.60. The van der Waals surface area contributed by atoms with E-state index in [-0.39, 0.29) is 283 Å². The maximum absolute atomic E-state index is 13.9. The Balaban J connectivity index is 0.000000474. The molecule has 2 aliphatic heterocycles. The zero-order valence-electron chi connectivity index (χ0n) is 74.7. The third-order valence-electron chi connectivity index (χ3n) is 21.5. The van der Waals surface area contributed by atoms with Crippen LogP contribution in [0, 0.1) is 3.57 Å². The van der Waals surface area contributed by atoms with E-state index in [1.165, 1.54) is 13.8 Å². The molecule has 3 aromatic carbocycles. The number of aromatic nitrogens is 1. The zero-order chi connectivity index (χ0) is 98.9. The highest BCUT2D eigenvalue weighted by Crippen LogP contribution is 2.20. The Bertz CT molecular complexity index is 4240. The molecule has 6 rings (SSSR count). The van der Waals surface area contributed by atoms with Gasteiger partial charge in [0, 0.05) is 178 Å². The highest BCUT2D eigenvalue weighted by atomic mass is 127. The van der Waals surface area contributed by atoms with Crippen LogP contribution in [0.5, 0.6) is 0 Å². The van der Waals surface area contributed by atoms with Gasteiger partial charge in [-0.25, -0.2) is 33.8 Å². The molecule has 45 nitrogen and oxygen atoms in total. The van der Waals surface area contributed by atoms with Crippen LogP contribution in [-0.2, 0) is 93.3 Å². The number of Topliss-reactive ketones (excluding diaryl/α,β-unsaturated/α-hetero) is 2. The first-order valence-corrected chi connectivity index (χ1v) is 45.2. The first kappa shape index (κ1) is 113. The highest BCUT2D eigenvalue weighted by Gasteiger charge is 2.31. The van der Waals surface area contributed by atoms with Crippen molar-refractivity contribution >= 4 is 145 Å². The number of hydrogen-bond donors (Lipinski definition) is 16. The molecular weight excluding hydrogens is 1940 g/mol. The van der Waals surface area contributed by atoms with E-state index in [2.05, 4.69) is 75.4 Å². The van der Waals surface area contributed by atoms with Crippen LogP contribution in [0.3, 0.4) is 0 Å². The van der Waals surface area contributed by atoms with Gasteiger partial charge in [-0.2, -0.15) is 0 Å². The summed E-state index contributed by atoms with van der Waals surface area (Å²) in [5.74, 6) is -13.6. The SMILES string of the molecule is CC(=O)CC[C@@H](NC(=O)N[C@H](CCCCN(Cc1ccc(Br)nc1)C(=O)c1ccc(CNC(=O)CN2CCN(CC(=O)O)CCN(CC(=O)O)CCN(CC(=O)O)CC2)cc1)C(=O)O)C(=O)O.CC(=O)CC[C@@H](NC(=O)N[C@H](CCCCN(Cc1ccc(I)cc1)C(=O)c1ccc(CNC(=O)CN2CCN(CC(=O)O)CCN(CC(=O)O)CCN(CC(=O)O)CC2)cc1)C(=O)O)C(=O)O. The number of nitrogens with zero attached hydrogens (tertiary/aromatic N) is 11. The molecule has 2 saturated heterocycles. The van der Waals surface area contributed by atoms with Crippen molar-refractivity contribution in [2.24, 2.45) is 0 Å². The van der Waals surface area contributed by atoms with Gasteiger partial charge in [0.2, 0.25) is 11.8 Å². The second-order valence-corrected chi connectivity index (χ2v) is 34.4. The van der Waals surface area contributed by atoms with Crippen LogP contribution in [0.2, 0.25) is 0 Å². The number of unbranched alkanes of at least 4 members (excludes halogenated alkanes) is 2. The smallest absolute Gasteiger partial charge is 0.326 e. The van der Waals surface area contributed by atoms with E-state index >= 15 is 0 Å². The maximum atomic E-state index is 13.9. The fraction of sp³-hybridized carbons (Fsp3) is 0.529. The predicted octanol–water partition coefficient (Wildman–Crippen LogP) is 1.09. The van der Waals surface area contributed by atoms with Crippen LogP contribution in [0.15, 0.2) is 95.7 Å². The lowest BCUT2D eigenvalue weighted by Gasteiger charge is -2.32.